The van der Waals surface area contributed by atoms with Crippen molar-refractivity contribution in [3.05, 3.63) is 24.0 Å². The van der Waals surface area contributed by atoms with Gasteiger partial charge >= 0.3 is 0 Å². The highest BCUT2D eigenvalue weighted by atomic mass is 35.5. The third-order valence-electron chi connectivity index (χ3n) is 1.28. The van der Waals surface area contributed by atoms with Crippen LogP contribution in [-0.2, 0) is 7.05 Å². The zero-order chi connectivity index (χ0) is 7.40. The van der Waals surface area contributed by atoms with Crippen LogP contribution in [0.1, 0.15) is 5.69 Å². The van der Waals surface area contributed by atoms with E-state index >= 15 is 0 Å². The third kappa shape index (κ3) is 3.76. The summed E-state index contributed by atoms with van der Waals surface area (Å²) in [4.78, 5) is 0. The van der Waals surface area contributed by atoms with Crippen LogP contribution in [0.5, 0.6) is 0 Å². The molecule has 0 aliphatic carbocycles. The van der Waals surface area contributed by atoms with E-state index < -0.39 is 0 Å². The van der Waals surface area contributed by atoms with E-state index in [0.29, 0.717) is 6.54 Å². The topological polar surface area (TPSA) is 43.8 Å². The van der Waals surface area contributed by atoms with Crippen molar-refractivity contribution in [2.24, 2.45) is 12.8 Å². The second-order valence-corrected chi connectivity index (χ2v) is 2.02. The SMILES string of the molecule is Cl.Cl.Cn1nccc1/C=C/CN. The van der Waals surface area contributed by atoms with E-state index in [4.69, 9.17) is 5.73 Å². The van der Waals surface area contributed by atoms with Gasteiger partial charge in [-0.3, -0.25) is 4.68 Å². The average molecular weight is 210 g/mol. The molecule has 0 fully saturated rings. The lowest BCUT2D eigenvalue weighted by atomic mass is 10.4. The Hall–Kier alpha value is -0.510. The van der Waals surface area contributed by atoms with E-state index in [1.54, 1.807) is 10.9 Å². The molecule has 3 nitrogen and oxygen atoms in total. The lowest BCUT2D eigenvalue weighted by Crippen LogP contribution is -1.95. The summed E-state index contributed by atoms with van der Waals surface area (Å²) < 4.78 is 1.80. The largest absolute Gasteiger partial charge is 0.327 e. The van der Waals surface area contributed by atoms with Crippen LogP contribution in [0.4, 0.5) is 0 Å². The van der Waals surface area contributed by atoms with Crippen molar-refractivity contribution in [1.29, 1.82) is 0 Å². The summed E-state index contributed by atoms with van der Waals surface area (Å²) in [5.74, 6) is 0. The first kappa shape index (κ1) is 14.0. The molecule has 5 heteroatoms. The van der Waals surface area contributed by atoms with Crippen LogP contribution in [0.2, 0.25) is 0 Å². The number of aryl methyl sites for hydroxylation is 1. The minimum atomic E-state index is 0. The fourth-order valence-corrected chi connectivity index (χ4v) is 0.736. The Kier molecular flexibility index (Phi) is 8.37. The van der Waals surface area contributed by atoms with Crippen LogP contribution in [0.25, 0.3) is 6.08 Å². The number of nitrogens with two attached hydrogens (primary N) is 1. The van der Waals surface area contributed by atoms with Gasteiger partial charge in [0.05, 0.1) is 5.69 Å². The Morgan fingerprint density at radius 3 is 2.67 bits per heavy atom. The van der Waals surface area contributed by atoms with Crippen molar-refractivity contribution in [2.45, 2.75) is 0 Å². The molecule has 70 valence electrons. The highest BCUT2D eigenvalue weighted by molar-refractivity contribution is 5.85. The molecule has 0 aliphatic rings. The maximum atomic E-state index is 5.28. The first-order valence-electron chi connectivity index (χ1n) is 3.19. The van der Waals surface area contributed by atoms with Crippen molar-refractivity contribution in [2.75, 3.05) is 6.54 Å². The summed E-state index contributed by atoms with van der Waals surface area (Å²) in [6.07, 6.45) is 5.61. The van der Waals surface area contributed by atoms with E-state index in [9.17, 15) is 0 Å². The molecule has 0 radical (unpaired) electrons. The number of rotatable bonds is 2. The van der Waals surface area contributed by atoms with Crippen LogP contribution < -0.4 is 5.73 Å². The normalized spacial score (nSPS) is 9.17. The van der Waals surface area contributed by atoms with Gasteiger partial charge in [0.1, 0.15) is 0 Å². The molecule has 1 rings (SSSR count). The van der Waals surface area contributed by atoms with Crippen molar-refractivity contribution in [1.82, 2.24) is 9.78 Å². The number of halogens is 2. The second-order valence-electron chi connectivity index (χ2n) is 2.02. The van der Waals surface area contributed by atoms with Crippen LogP contribution in [-0.4, -0.2) is 16.3 Å². The standard InChI is InChI=1S/C7H11N3.2ClH/c1-10-7(3-2-5-8)4-6-9-10;;/h2-4,6H,5,8H2,1H3;2*1H/b3-2+;;. The van der Waals surface area contributed by atoms with Crippen molar-refractivity contribution in [3.63, 3.8) is 0 Å². The molecule has 2 N–H and O–H groups in total. The van der Waals surface area contributed by atoms with Gasteiger partial charge in [-0.15, -0.1) is 24.8 Å². The smallest absolute Gasteiger partial charge is 0.0603 e. The average Bonchev–Trinajstić information content (AvgIpc) is 2.31. The lowest BCUT2D eigenvalue weighted by Gasteiger charge is -1.91. The Morgan fingerprint density at radius 2 is 2.25 bits per heavy atom. The zero-order valence-electron chi connectivity index (χ0n) is 6.80. The molecule has 0 spiro atoms. The Balaban J connectivity index is 0. The maximum Gasteiger partial charge on any atom is 0.0603 e. The number of nitrogens with zero attached hydrogens (tertiary/aromatic N) is 2. The van der Waals surface area contributed by atoms with Crippen molar-refractivity contribution < 1.29 is 0 Å². The number of hydrogen-bond acceptors (Lipinski definition) is 2. The second kappa shape index (κ2) is 7.16. The number of hydrogen-bond donors (Lipinski definition) is 1. The van der Waals surface area contributed by atoms with Gasteiger partial charge in [0.15, 0.2) is 0 Å². The molecular weight excluding hydrogens is 197 g/mol. The minimum Gasteiger partial charge on any atom is -0.327 e. The molecule has 1 heterocycles. The predicted octanol–water partition coefficient (Wildman–Crippen LogP) is 1.24. The zero-order valence-corrected chi connectivity index (χ0v) is 8.44. The van der Waals surface area contributed by atoms with E-state index in [-0.39, 0.29) is 24.8 Å². The Morgan fingerprint density at radius 1 is 1.58 bits per heavy atom. The summed E-state index contributed by atoms with van der Waals surface area (Å²) in [6, 6.07) is 1.94. The fourth-order valence-electron chi connectivity index (χ4n) is 0.736. The van der Waals surface area contributed by atoms with E-state index in [2.05, 4.69) is 5.10 Å². The molecule has 0 bridgehead atoms. The van der Waals surface area contributed by atoms with Crippen molar-refractivity contribution in [3.8, 4) is 0 Å². The summed E-state index contributed by atoms with van der Waals surface area (Å²) in [5.41, 5.74) is 6.35. The minimum absolute atomic E-state index is 0. The van der Waals surface area contributed by atoms with Gasteiger partial charge in [0.2, 0.25) is 0 Å². The van der Waals surface area contributed by atoms with Crippen molar-refractivity contribution >= 4 is 30.9 Å². The number of aromatic nitrogens is 2. The molecule has 0 saturated heterocycles. The molecule has 1 aromatic heterocycles. The van der Waals surface area contributed by atoms with E-state index in [1.807, 2.05) is 25.3 Å². The van der Waals surface area contributed by atoms with Crippen LogP contribution >= 0.6 is 24.8 Å². The molecule has 12 heavy (non-hydrogen) atoms. The first-order chi connectivity index (χ1) is 4.84. The van der Waals surface area contributed by atoms with Gasteiger partial charge in [-0.2, -0.15) is 5.10 Å². The van der Waals surface area contributed by atoms with Gasteiger partial charge in [-0.25, -0.2) is 0 Å². The third-order valence-corrected chi connectivity index (χ3v) is 1.28. The predicted molar refractivity (Wildman–Crippen MR) is 55.8 cm³/mol. The summed E-state index contributed by atoms with van der Waals surface area (Å²) in [5, 5.41) is 3.99. The molecule has 0 aromatic carbocycles. The van der Waals surface area contributed by atoms with Crippen LogP contribution in [0.3, 0.4) is 0 Å². The van der Waals surface area contributed by atoms with E-state index in [1.165, 1.54) is 0 Å². The summed E-state index contributed by atoms with van der Waals surface area (Å²) in [6.45, 7) is 0.575. The van der Waals surface area contributed by atoms with Gasteiger partial charge in [0, 0.05) is 19.8 Å². The highest BCUT2D eigenvalue weighted by Gasteiger charge is 1.88. The fraction of sp³-hybridized carbons (Fsp3) is 0.286. The Bertz CT molecular complexity index is 232. The van der Waals surface area contributed by atoms with Crippen LogP contribution in [0, 0.1) is 0 Å². The van der Waals surface area contributed by atoms with Crippen LogP contribution in [0.15, 0.2) is 18.3 Å². The van der Waals surface area contributed by atoms with Gasteiger partial charge in [-0.05, 0) is 12.1 Å². The molecule has 0 aliphatic heterocycles. The Labute approximate surface area is 84.5 Å². The molecule has 1 aromatic rings. The maximum absolute atomic E-state index is 5.28. The first-order valence-corrected chi connectivity index (χ1v) is 3.19. The molecular formula is C7H13Cl2N3. The van der Waals surface area contributed by atoms with E-state index in [0.717, 1.165) is 5.69 Å². The van der Waals surface area contributed by atoms with Gasteiger partial charge < -0.3 is 5.73 Å². The highest BCUT2D eigenvalue weighted by Crippen LogP contribution is 1.97. The summed E-state index contributed by atoms with van der Waals surface area (Å²) >= 11 is 0. The molecule has 0 unspecified atom stereocenters. The van der Waals surface area contributed by atoms with Gasteiger partial charge in [-0.1, -0.05) is 6.08 Å². The summed E-state index contributed by atoms with van der Waals surface area (Å²) in [7, 11) is 1.90. The quantitative estimate of drug-likeness (QED) is 0.797. The lowest BCUT2D eigenvalue weighted by molar-refractivity contribution is 0.759. The molecule has 0 atom stereocenters. The monoisotopic (exact) mass is 209 g/mol. The molecule has 0 amide bonds. The van der Waals surface area contributed by atoms with Gasteiger partial charge in [0.25, 0.3) is 0 Å². The molecule has 0 saturated carbocycles.